The first-order chi connectivity index (χ1) is 8.83. The minimum absolute atomic E-state index is 0.124. The molecule has 1 aromatic rings. The molecule has 1 saturated carbocycles. The molecule has 2 rings (SSSR count). The minimum Gasteiger partial charge on any atom is -0.496 e. The van der Waals surface area contributed by atoms with Gasteiger partial charge in [0.2, 0.25) is 0 Å². The molecule has 2 N–H and O–H groups in total. The number of benzene rings is 1. The summed E-state index contributed by atoms with van der Waals surface area (Å²) in [5.74, 6) is 1.55. The van der Waals surface area contributed by atoms with Crippen LogP contribution in [0.2, 0.25) is 0 Å². The highest BCUT2D eigenvalue weighted by molar-refractivity contribution is 5.36. The molecule has 0 radical (unpaired) electrons. The molecule has 18 heavy (non-hydrogen) atoms. The molecule has 2 nitrogen and oxygen atoms in total. The van der Waals surface area contributed by atoms with Crippen LogP contribution in [0, 0.1) is 5.92 Å². The van der Waals surface area contributed by atoms with E-state index in [-0.39, 0.29) is 6.04 Å². The Hall–Kier alpha value is -1.02. The maximum atomic E-state index is 6.49. The van der Waals surface area contributed by atoms with Crippen LogP contribution in [0.1, 0.15) is 56.6 Å². The van der Waals surface area contributed by atoms with Crippen molar-refractivity contribution in [2.24, 2.45) is 11.7 Å². The van der Waals surface area contributed by atoms with E-state index in [0.29, 0.717) is 5.92 Å². The lowest BCUT2D eigenvalue weighted by Crippen LogP contribution is -2.23. The summed E-state index contributed by atoms with van der Waals surface area (Å²) in [6.45, 7) is 0. The standard InChI is InChI=1S/C16H25NO/c1-18-15-12-8-7-11-14(15)16(17)13-9-5-3-2-4-6-10-13/h7-8,11-13,16H,2-6,9-10,17H2,1H3. The number of hydrogen-bond donors (Lipinski definition) is 1. The van der Waals surface area contributed by atoms with Gasteiger partial charge in [-0.25, -0.2) is 0 Å². The fourth-order valence-electron chi connectivity index (χ4n) is 3.04. The van der Waals surface area contributed by atoms with Crippen molar-refractivity contribution in [3.63, 3.8) is 0 Å². The van der Waals surface area contributed by atoms with Gasteiger partial charge in [-0.15, -0.1) is 0 Å². The van der Waals surface area contributed by atoms with E-state index in [4.69, 9.17) is 10.5 Å². The van der Waals surface area contributed by atoms with Crippen LogP contribution in [0.4, 0.5) is 0 Å². The Morgan fingerprint density at radius 1 is 1.06 bits per heavy atom. The third-order valence-corrected chi connectivity index (χ3v) is 4.16. The molecule has 0 heterocycles. The molecule has 0 bridgehead atoms. The quantitative estimate of drug-likeness (QED) is 0.874. The number of hydrogen-bond acceptors (Lipinski definition) is 2. The zero-order valence-electron chi connectivity index (χ0n) is 11.4. The third kappa shape index (κ3) is 3.26. The maximum absolute atomic E-state index is 6.49. The van der Waals surface area contributed by atoms with Gasteiger partial charge in [0.25, 0.3) is 0 Å². The van der Waals surface area contributed by atoms with Crippen molar-refractivity contribution in [2.75, 3.05) is 7.11 Å². The molecule has 0 aliphatic heterocycles. The SMILES string of the molecule is COc1ccccc1C(N)C1CCCCCCC1. The molecular formula is C16H25NO. The highest BCUT2D eigenvalue weighted by Crippen LogP contribution is 2.34. The molecular weight excluding hydrogens is 222 g/mol. The third-order valence-electron chi connectivity index (χ3n) is 4.16. The van der Waals surface area contributed by atoms with Crippen molar-refractivity contribution in [3.05, 3.63) is 29.8 Å². The number of methoxy groups -OCH3 is 1. The zero-order chi connectivity index (χ0) is 12.8. The van der Waals surface area contributed by atoms with Crippen molar-refractivity contribution in [2.45, 2.75) is 51.0 Å². The summed E-state index contributed by atoms with van der Waals surface area (Å²) in [4.78, 5) is 0. The topological polar surface area (TPSA) is 35.2 Å². The Kier molecular flexibility index (Phi) is 5.06. The van der Waals surface area contributed by atoms with Gasteiger partial charge in [-0.3, -0.25) is 0 Å². The summed E-state index contributed by atoms with van der Waals surface area (Å²) < 4.78 is 5.43. The summed E-state index contributed by atoms with van der Waals surface area (Å²) in [5, 5.41) is 0. The summed E-state index contributed by atoms with van der Waals surface area (Å²) in [7, 11) is 1.73. The van der Waals surface area contributed by atoms with Crippen LogP contribution in [-0.2, 0) is 0 Å². The van der Waals surface area contributed by atoms with E-state index in [2.05, 4.69) is 12.1 Å². The Morgan fingerprint density at radius 2 is 1.67 bits per heavy atom. The lowest BCUT2D eigenvalue weighted by atomic mass is 9.83. The second-order valence-corrected chi connectivity index (χ2v) is 5.37. The van der Waals surface area contributed by atoms with Gasteiger partial charge >= 0.3 is 0 Å². The summed E-state index contributed by atoms with van der Waals surface area (Å²) >= 11 is 0. The van der Waals surface area contributed by atoms with Gasteiger partial charge in [-0.1, -0.05) is 50.3 Å². The van der Waals surface area contributed by atoms with Crippen LogP contribution < -0.4 is 10.5 Å². The molecule has 1 atom stereocenters. The first-order valence-electron chi connectivity index (χ1n) is 7.21. The Balaban J connectivity index is 2.10. The van der Waals surface area contributed by atoms with Gasteiger partial charge < -0.3 is 10.5 Å². The number of rotatable bonds is 3. The minimum atomic E-state index is 0.124. The van der Waals surface area contributed by atoms with Crippen LogP contribution in [0.15, 0.2) is 24.3 Å². The lowest BCUT2D eigenvalue weighted by molar-refractivity contribution is 0.318. The molecule has 0 spiro atoms. The molecule has 1 aromatic carbocycles. The van der Waals surface area contributed by atoms with E-state index >= 15 is 0 Å². The Labute approximate surface area is 111 Å². The van der Waals surface area contributed by atoms with Crippen molar-refractivity contribution in [1.29, 1.82) is 0 Å². The first kappa shape index (κ1) is 13.4. The average molecular weight is 247 g/mol. The second-order valence-electron chi connectivity index (χ2n) is 5.37. The molecule has 2 heteroatoms. The summed E-state index contributed by atoms with van der Waals surface area (Å²) in [5.41, 5.74) is 7.66. The summed E-state index contributed by atoms with van der Waals surface area (Å²) in [6.07, 6.45) is 9.32. The van der Waals surface area contributed by atoms with Gasteiger partial charge in [0, 0.05) is 11.6 Å². The maximum Gasteiger partial charge on any atom is 0.123 e. The number of ether oxygens (including phenoxy) is 1. The van der Waals surface area contributed by atoms with Crippen molar-refractivity contribution in [1.82, 2.24) is 0 Å². The molecule has 0 aromatic heterocycles. The molecule has 1 unspecified atom stereocenters. The van der Waals surface area contributed by atoms with Crippen LogP contribution in [0.25, 0.3) is 0 Å². The van der Waals surface area contributed by atoms with Crippen molar-refractivity contribution < 1.29 is 4.74 Å². The van der Waals surface area contributed by atoms with Gasteiger partial charge in [0.1, 0.15) is 5.75 Å². The van der Waals surface area contributed by atoms with E-state index in [1.807, 2.05) is 12.1 Å². The van der Waals surface area contributed by atoms with Gasteiger partial charge in [-0.05, 0) is 24.8 Å². The zero-order valence-corrected chi connectivity index (χ0v) is 11.4. The fourth-order valence-corrected chi connectivity index (χ4v) is 3.04. The highest BCUT2D eigenvalue weighted by Gasteiger charge is 2.22. The lowest BCUT2D eigenvalue weighted by Gasteiger charge is -2.27. The van der Waals surface area contributed by atoms with Crippen LogP contribution in [0.3, 0.4) is 0 Å². The molecule has 1 aliphatic rings. The van der Waals surface area contributed by atoms with Crippen molar-refractivity contribution >= 4 is 0 Å². The molecule has 0 saturated heterocycles. The second kappa shape index (κ2) is 6.79. The van der Waals surface area contributed by atoms with E-state index in [9.17, 15) is 0 Å². The normalized spacial score (nSPS) is 19.9. The summed E-state index contributed by atoms with van der Waals surface area (Å²) in [6, 6.07) is 8.31. The van der Waals surface area contributed by atoms with Gasteiger partial charge in [-0.2, -0.15) is 0 Å². The van der Waals surface area contributed by atoms with Crippen LogP contribution in [-0.4, -0.2) is 7.11 Å². The van der Waals surface area contributed by atoms with Crippen LogP contribution in [0.5, 0.6) is 5.75 Å². The predicted molar refractivity (Wildman–Crippen MR) is 75.7 cm³/mol. The largest absolute Gasteiger partial charge is 0.496 e. The van der Waals surface area contributed by atoms with E-state index in [0.717, 1.165) is 5.75 Å². The van der Waals surface area contributed by atoms with Crippen molar-refractivity contribution in [3.8, 4) is 5.75 Å². The van der Waals surface area contributed by atoms with E-state index < -0.39 is 0 Å². The fraction of sp³-hybridized carbons (Fsp3) is 0.625. The number of para-hydroxylation sites is 1. The molecule has 1 fully saturated rings. The number of nitrogens with two attached hydrogens (primary N) is 1. The predicted octanol–water partition coefficient (Wildman–Crippen LogP) is 4.06. The smallest absolute Gasteiger partial charge is 0.123 e. The van der Waals surface area contributed by atoms with Crippen LogP contribution >= 0.6 is 0 Å². The van der Waals surface area contributed by atoms with Gasteiger partial charge in [0.05, 0.1) is 7.11 Å². The monoisotopic (exact) mass is 247 g/mol. The molecule has 0 amide bonds. The van der Waals surface area contributed by atoms with Gasteiger partial charge in [0.15, 0.2) is 0 Å². The van der Waals surface area contributed by atoms with E-state index in [1.165, 1.54) is 50.5 Å². The average Bonchev–Trinajstić information content (AvgIpc) is 2.37. The molecule has 100 valence electrons. The van der Waals surface area contributed by atoms with E-state index in [1.54, 1.807) is 7.11 Å². The first-order valence-corrected chi connectivity index (χ1v) is 7.21. The molecule has 1 aliphatic carbocycles. The Bertz CT molecular complexity index is 356. The highest BCUT2D eigenvalue weighted by atomic mass is 16.5. The Morgan fingerprint density at radius 3 is 2.33 bits per heavy atom.